The lowest BCUT2D eigenvalue weighted by atomic mass is 9.97. The zero-order valence-corrected chi connectivity index (χ0v) is 18.9. The van der Waals surface area contributed by atoms with Crippen LogP contribution in [-0.4, -0.2) is 68.6 Å². The Morgan fingerprint density at radius 3 is 2.49 bits per heavy atom. The van der Waals surface area contributed by atoms with Crippen molar-refractivity contribution in [1.82, 2.24) is 0 Å². The van der Waals surface area contributed by atoms with Crippen LogP contribution in [0, 0.1) is 0 Å². The molecule has 0 aliphatic carbocycles. The Morgan fingerprint density at radius 2 is 1.74 bits per heavy atom. The van der Waals surface area contributed by atoms with Crippen molar-refractivity contribution < 1.29 is 44.2 Å². The van der Waals surface area contributed by atoms with Crippen LogP contribution < -0.4 is 4.74 Å². The van der Waals surface area contributed by atoms with Gasteiger partial charge >= 0.3 is 0 Å². The molecule has 186 valence electrons. The SMILES string of the molecule is O=C(CCCc1ccccc1-c1ccco1)c1c(O)cccc1O[C@@H]1O[C@H](CO)[C@@H](O)[C@H](O)[C@H]1O. The molecule has 1 saturated heterocycles. The van der Waals surface area contributed by atoms with Crippen LogP contribution in [0.2, 0.25) is 0 Å². The molecule has 1 aliphatic rings. The number of hydrogen-bond acceptors (Lipinski definition) is 9. The Balaban J connectivity index is 1.46. The third kappa shape index (κ3) is 5.39. The van der Waals surface area contributed by atoms with Crippen LogP contribution in [0.4, 0.5) is 0 Å². The van der Waals surface area contributed by atoms with Crippen molar-refractivity contribution in [1.29, 1.82) is 0 Å². The maximum absolute atomic E-state index is 13.1. The minimum atomic E-state index is -1.64. The number of aliphatic hydroxyl groups excluding tert-OH is 4. The maximum atomic E-state index is 13.1. The number of phenols is 1. The summed E-state index contributed by atoms with van der Waals surface area (Å²) in [5.74, 6) is 0.0180. The first-order valence-electron chi connectivity index (χ1n) is 11.3. The summed E-state index contributed by atoms with van der Waals surface area (Å²) in [7, 11) is 0. The van der Waals surface area contributed by atoms with Crippen molar-refractivity contribution in [2.45, 2.75) is 50.0 Å². The number of aromatic hydroxyl groups is 1. The average Bonchev–Trinajstić information content (AvgIpc) is 3.39. The van der Waals surface area contributed by atoms with Crippen LogP contribution in [0.5, 0.6) is 11.5 Å². The summed E-state index contributed by atoms with van der Waals surface area (Å²) >= 11 is 0. The molecule has 1 aromatic heterocycles. The Hall–Kier alpha value is -3.21. The molecule has 5 N–H and O–H groups in total. The Labute approximate surface area is 201 Å². The smallest absolute Gasteiger partial charge is 0.229 e. The number of hydrogen-bond donors (Lipinski definition) is 5. The van der Waals surface area contributed by atoms with E-state index in [4.69, 9.17) is 13.9 Å². The second-order valence-corrected chi connectivity index (χ2v) is 8.38. The van der Waals surface area contributed by atoms with Crippen LogP contribution in [0.3, 0.4) is 0 Å². The molecule has 9 nitrogen and oxygen atoms in total. The third-order valence-electron chi connectivity index (χ3n) is 6.03. The first kappa shape index (κ1) is 24.9. The van der Waals surface area contributed by atoms with Crippen molar-refractivity contribution >= 4 is 5.78 Å². The number of aliphatic hydroxyl groups is 4. The maximum Gasteiger partial charge on any atom is 0.229 e. The van der Waals surface area contributed by atoms with E-state index in [1.165, 1.54) is 18.2 Å². The highest BCUT2D eigenvalue weighted by Crippen LogP contribution is 2.33. The zero-order chi connectivity index (χ0) is 24.9. The van der Waals surface area contributed by atoms with E-state index in [-0.39, 0.29) is 29.3 Å². The van der Waals surface area contributed by atoms with Crippen molar-refractivity contribution in [3.8, 4) is 22.8 Å². The van der Waals surface area contributed by atoms with Crippen molar-refractivity contribution in [3.05, 3.63) is 72.0 Å². The molecule has 0 bridgehead atoms. The summed E-state index contributed by atoms with van der Waals surface area (Å²) in [6.07, 6.45) is -4.65. The van der Waals surface area contributed by atoms with Gasteiger partial charge in [-0.1, -0.05) is 30.3 Å². The third-order valence-corrected chi connectivity index (χ3v) is 6.03. The van der Waals surface area contributed by atoms with Gasteiger partial charge in [-0.05, 0) is 42.7 Å². The van der Waals surface area contributed by atoms with Gasteiger partial charge in [0.25, 0.3) is 0 Å². The van der Waals surface area contributed by atoms with E-state index in [9.17, 15) is 30.3 Å². The van der Waals surface area contributed by atoms with Gasteiger partial charge < -0.3 is 39.4 Å². The largest absolute Gasteiger partial charge is 0.507 e. The van der Waals surface area contributed by atoms with Gasteiger partial charge in [-0.25, -0.2) is 0 Å². The van der Waals surface area contributed by atoms with Gasteiger partial charge in [0.15, 0.2) is 5.78 Å². The molecule has 0 radical (unpaired) electrons. The number of Topliss-reactive ketones (excluding diaryl/α,β-unsaturated/α-hetero) is 1. The number of aryl methyl sites for hydroxylation is 1. The van der Waals surface area contributed by atoms with Crippen molar-refractivity contribution in [2.24, 2.45) is 0 Å². The van der Waals surface area contributed by atoms with Gasteiger partial charge in [0, 0.05) is 12.0 Å². The first-order chi connectivity index (χ1) is 16.9. The molecular formula is C26H28O9. The van der Waals surface area contributed by atoms with E-state index in [0.717, 1.165) is 16.9 Å². The molecule has 3 aromatic rings. The lowest BCUT2D eigenvalue weighted by molar-refractivity contribution is -0.277. The second-order valence-electron chi connectivity index (χ2n) is 8.38. The van der Waals surface area contributed by atoms with Gasteiger partial charge in [-0.2, -0.15) is 0 Å². The monoisotopic (exact) mass is 484 g/mol. The minimum Gasteiger partial charge on any atom is -0.507 e. The molecular weight excluding hydrogens is 456 g/mol. The summed E-state index contributed by atoms with van der Waals surface area (Å²) in [5, 5.41) is 50.0. The van der Waals surface area contributed by atoms with Crippen LogP contribution in [-0.2, 0) is 11.2 Å². The summed E-state index contributed by atoms with van der Waals surface area (Å²) in [5.41, 5.74) is 1.88. The summed E-state index contributed by atoms with van der Waals surface area (Å²) in [6, 6.07) is 15.7. The van der Waals surface area contributed by atoms with Gasteiger partial charge in [-0.3, -0.25) is 4.79 Å². The van der Waals surface area contributed by atoms with Crippen LogP contribution in [0.1, 0.15) is 28.8 Å². The second kappa shape index (κ2) is 11.0. The highest BCUT2D eigenvalue weighted by molar-refractivity contribution is 6.01. The predicted octanol–water partition coefficient (Wildman–Crippen LogP) is 2.04. The highest BCUT2D eigenvalue weighted by atomic mass is 16.7. The van der Waals surface area contributed by atoms with E-state index in [1.54, 1.807) is 6.26 Å². The topological polar surface area (TPSA) is 150 Å². The number of carbonyl (C=O) groups is 1. The fourth-order valence-corrected chi connectivity index (χ4v) is 4.16. The fraction of sp³-hybridized carbons (Fsp3) is 0.346. The number of rotatable bonds is 9. The minimum absolute atomic E-state index is 0.0460. The highest BCUT2D eigenvalue weighted by Gasteiger charge is 2.45. The lowest BCUT2D eigenvalue weighted by Gasteiger charge is -2.39. The molecule has 0 spiro atoms. The molecule has 4 rings (SSSR count). The summed E-state index contributed by atoms with van der Waals surface area (Å²) in [6.45, 7) is -0.615. The number of carbonyl (C=O) groups excluding carboxylic acids is 1. The van der Waals surface area contributed by atoms with Gasteiger partial charge in [0.1, 0.15) is 47.2 Å². The molecule has 0 unspecified atom stereocenters. The fourth-order valence-electron chi connectivity index (χ4n) is 4.16. The molecule has 2 aromatic carbocycles. The Kier molecular flexibility index (Phi) is 7.84. The van der Waals surface area contributed by atoms with Crippen LogP contribution in [0.15, 0.2) is 65.3 Å². The van der Waals surface area contributed by atoms with Crippen molar-refractivity contribution in [2.75, 3.05) is 6.61 Å². The van der Waals surface area contributed by atoms with E-state index >= 15 is 0 Å². The lowest BCUT2D eigenvalue weighted by Crippen LogP contribution is -2.60. The van der Waals surface area contributed by atoms with Gasteiger partial charge in [0.05, 0.1) is 12.9 Å². The number of ketones is 1. The van der Waals surface area contributed by atoms with Crippen LogP contribution in [0.25, 0.3) is 11.3 Å². The average molecular weight is 485 g/mol. The summed E-state index contributed by atoms with van der Waals surface area (Å²) < 4.78 is 16.5. The molecule has 35 heavy (non-hydrogen) atoms. The van der Waals surface area contributed by atoms with Gasteiger partial charge in [-0.15, -0.1) is 0 Å². The standard InChI is InChI=1S/C26H28O9/c27-14-21-23(30)24(31)25(32)26(35-21)34-20-11-4-10-18(29)22(20)17(28)9-3-7-15-6-1-2-8-16(15)19-12-5-13-33-19/h1-2,4-6,8,10-13,21,23-27,29-32H,3,7,9,14H2/t21-,23-,24+,25-,26-/m1/s1. The molecule has 9 heteroatoms. The van der Waals surface area contributed by atoms with E-state index in [1.807, 2.05) is 36.4 Å². The molecule has 1 aliphatic heterocycles. The Bertz CT molecular complexity index is 1130. The van der Waals surface area contributed by atoms with Crippen LogP contribution >= 0.6 is 0 Å². The van der Waals surface area contributed by atoms with E-state index in [0.29, 0.717) is 12.8 Å². The predicted molar refractivity (Wildman–Crippen MR) is 124 cm³/mol. The molecule has 0 amide bonds. The first-order valence-corrected chi connectivity index (χ1v) is 11.3. The Morgan fingerprint density at radius 1 is 0.943 bits per heavy atom. The quantitative estimate of drug-likeness (QED) is 0.288. The molecule has 0 saturated carbocycles. The van der Waals surface area contributed by atoms with Gasteiger partial charge in [0.2, 0.25) is 6.29 Å². The van der Waals surface area contributed by atoms with Crippen molar-refractivity contribution in [3.63, 3.8) is 0 Å². The van der Waals surface area contributed by atoms with E-state index < -0.39 is 37.3 Å². The summed E-state index contributed by atoms with van der Waals surface area (Å²) in [4.78, 5) is 13.1. The number of benzene rings is 2. The zero-order valence-electron chi connectivity index (χ0n) is 18.9. The number of furan rings is 1. The molecule has 1 fully saturated rings. The normalized spacial score (nSPS) is 24.3. The molecule has 2 heterocycles. The number of phenolic OH excluding ortho intramolecular Hbond substituents is 1. The molecule has 5 atom stereocenters. The number of ether oxygens (including phenoxy) is 2. The van der Waals surface area contributed by atoms with E-state index in [2.05, 4.69) is 0 Å².